The summed E-state index contributed by atoms with van der Waals surface area (Å²) < 4.78 is 16.9. The highest BCUT2D eigenvalue weighted by atomic mass is 35.5. The van der Waals surface area contributed by atoms with Crippen molar-refractivity contribution < 1.29 is 23.8 Å². The molecule has 0 unspecified atom stereocenters. The maximum absolute atomic E-state index is 13.0. The summed E-state index contributed by atoms with van der Waals surface area (Å²) in [5.74, 6) is -0.192. The molecule has 1 amide bonds. The van der Waals surface area contributed by atoms with Crippen molar-refractivity contribution in [1.29, 1.82) is 0 Å². The number of hydrogen-bond donors (Lipinski definition) is 1. The molecule has 0 bridgehead atoms. The summed E-state index contributed by atoms with van der Waals surface area (Å²) in [7, 11) is 1.63. The van der Waals surface area contributed by atoms with Gasteiger partial charge in [-0.05, 0) is 51.5 Å². The van der Waals surface area contributed by atoms with E-state index in [-0.39, 0.29) is 28.3 Å². The Morgan fingerprint density at radius 2 is 1.85 bits per heavy atom. The molecule has 0 aliphatic carbocycles. The van der Waals surface area contributed by atoms with Crippen LogP contribution in [0.15, 0.2) is 41.3 Å². The van der Waals surface area contributed by atoms with Crippen molar-refractivity contribution in [2.75, 3.05) is 25.6 Å². The molecule has 41 heavy (non-hydrogen) atoms. The summed E-state index contributed by atoms with van der Waals surface area (Å²) in [4.78, 5) is 29.6. The van der Waals surface area contributed by atoms with E-state index in [1.165, 1.54) is 42.4 Å². The number of nitrogens with one attached hydrogen (secondary N) is 1. The number of unbranched alkanes of at least 4 members (excludes halogenated alkanes) is 3. The second-order valence-corrected chi connectivity index (χ2v) is 11.1. The average Bonchev–Trinajstić information content (AvgIpc) is 3.42. The molecule has 3 aromatic rings. The van der Waals surface area contributed by atoms with Crippen LogP contribution in [0, 0.1) is 0 Å². The monoisotopic (exact) mass is 618 g/mol. The summed E-state index contributed by atoms with van der Waals surface area (Å²) >= 11 is 14.1. The van der Waals surface area contributed by atoms with Crippen molar-refractivity contribution in [2.45, 2.75) is 59.5 Å². The lowest BCUT2D eigenvalue weighted by atomic mass is 10.0. The van der Waals surface area contributed by atoms with E-state index in [0.717, 1.165) is 24.0 Å². The van der Waals surface area contributed by atoms with Gasteiger partial charge < -0.3 is 14.2 Å². The molecule has 0 aliphatic heterocycles. The number of rotatable bonds is 14. The summed E-state index contributed by atoms with van der Waals surface area (Å²) in [6.45, 7) is 8.49. The molecule has 1 N–H and O–H groups in total. The Morgan fingerprint density at radius 3 is 2.51 bits per heavy atom. The quantitative estimate of drug-likeness (QED) is 0.110. The Labute approximate surface area is 255 Å². The van der Waals surface area contributed by atoms with Gasteiger partial charge in [0.25, 0.3) is 5.91 Å². The molecule has 220 valence electrons. The number of esters is 1. The summed E-state index contributed by atoms with van der Waals surface area (Å²) in [6.07, 6.45) is 5.97. The molecular formula is C31H36Cl2N2O5S. The van der Waals surface area contributed by atoms with Gasteiger partial charge in [-0.2, -0.15) is 0 Å². The minimum atomic E-state index is -0.465. The van der Waals surface area contributed by atoms with E-state index in [1.807, 2.05) is 30.5 Å². The number of amides is 1. The Bertz CT molecular complexity index is 1370. The van der Waals surface area contributed by atoms with Gasteiger partial charge in [0, 0.05) is 39.8 Å². The van der Waals surface area contributed by atoms with Gasteiger partial charge in [0.2, 0.25) is 0 Å². The average molecular weight is 620 g/mol. The first-order valence-corrected chi connectivity index (χ1v) is 15.2. The summed E-state index contributed by atoms with van der Waals surface area (Å²) in [5.41, 5.74) is 3.45. The van der Waals surface area contributed by atoms with E-state index in [1.54, 1.807) is 21.0 Å². The van der Waals surface area contributed by atoms with Crippen LogP contribution in [0.2, 0.25) is 10.0 Å². The normalized spacial score (nSPS) is 12.2. The fraction of sp³-hybridized carbons (Fsp3) is 0.387. The van der Waals surface area contributed by atoms with Gasteiger partial charge in [-0.3, -0.25) is 10.1 Å². The van der Waals surface area contributed by atoms with Crippen LogP contribution >= 0.6 is 34.5 Å². The molecule has 1 heterocycles. The number of hydrogen-bond acceptors (Lipinski definition) is 7. The molecule has 2 aromatic carbocycles. The molecule has 0 aliphatic rings. The SMILES string of the molecule is CCCCCCO[C@@H](C)c1cccc(-c2csc(NC(=O)c3cc(Cl)c(/C=C(\C)C(=O)OCC)c(Cl)c3)n2)c1OC. The Kier molecular flexibility index (Phi) is 12.7. The number of para-hydroxylation sites is 1. The number of halogens is 2. The van der Waals surface area contributed by atoms with Gasteiger partial charge in [0.1, 0.15) is 5.75 Å². The standard InChI is InChI=1S/C31H36Cl2N2O5S/c1-6-8-9-10-14-40-20(4)22-12-11-13-23(28(22)38-5)27-18-41-31(34-27)35-29(36)21-16-25(32)24(26(33)17-21)15-19(3)30(37)39-7-2/h11-13,15-18,20H,6-10,14H2,1-5H3,(H,34,35,36)/b19-15+/t20-/m0/s1. The Balaban J connectivity index is 1.76. The van der Waals surface area contributed by atoms with Crippen molar-refractivity contribution in [1.82, 2.24) is 4.98 Å². The number of aromatic nitrogens is 1. The summed E-state index contributed by atoms with van der Waals surface area (Å²) in [5, 5.41) is 5.55. The van der Waals surface area contributed by atoms with Gasteiger partial charge >= 0.3 is 5.97 Å². The second kappa shape index (κ2) is 15.9. The van der Waals surface area contributed by atoms with Crippen LogP contribution in [0.3, 0.4) is 0 Å². The predicted octanol–water partition coefficient (Wildman–Crippen LogP) is 9.00. The molecule has 0 saturated carbocycles. The first kappa shape index (κ1) is 32.6. The molecule has 7 nitrogen and oxygen atoms in total. The lowest BCUT2D eigenvalue weighted by Gasteiger charge is -2.18. The van der Waals surface area contributed by atoms with Gasteiger partial charge in [-0.25, -0.2) is 9.78 Å². The highest BCUT2D eigenvalue weighted by Gasteiger charge is 2.20. The lowest BCUT2D eigenvalue weighted by Crippen LogP contribution is -2.12. The number of nitrogens with zero attached hydrogens (tertiary/aromatic N) is 1. The molecule has 0 spiro atoms. The van der Waals surface area contributed by atoms with Crippen molar-refractivity contribution in [3.8, 4) is 17.0 Å². The smallest absolute Gasteiger partial charge is 0.333 e. The molecule has 0 saturated heterocycles. The van der Waals surface area contributed by atoms with Crippen molar-refractivity contribution in [2.24, 2.45) is 0 Å². The van der Waals surface area contributed by atoms with E-state index < -0.39 is 11.9 Å². The zero-order valence-corrected chi connectivity index (χ0v) is 26.3. The number of carbonyl (C=O) groups excluding carboxylic acids is 2. The number of ether oxygens (including phenoxy) is 3. The van der Waals surface area contributed by atoms with Crippen molar-refractivity contribution in [3.63, 3.8) is 0 Å². The third-order valence-electron chi connectivity index (χ3n) is 6.35. The molecular weight excluding hydrogens is 583 g/mol. The third-order valence-corrected chi connectivity index (χ3v) is 7.74. The largest absolute Gasteiger partial charge is 0.496 e. The van der Waals surface area contributed by atoms with E-state index in [4.69, 9.17) is 37.4 Å². The first-order chi connectivity index (χ1) is 19.7. The van der Waals surface area contributed by atoms with Crippen molar-refractivity contribution in [3.05, 3.63) is 68.0 Å². The maximum Gasteiger partial charge on any atom is 0.333 e. The maximum atomic E-state index is 13.0. The molecule has 10 heteroatoms. The molecule has 3 rings (SSSR count). The van der Waals surface area contributed by atoms with Gasteiger partial charge in [0.05, 0.1) is 35.6 Å². The van der Waals surface area contributed by atoms with Gasteiger partial charge in [0.15, 0.2) is 5.13 Å². The summed E-state index contributed by atoms with van der Waals surface area (Å²) in [6, 6.07) is 8.87. The van der Waals surface area contributed by atoms with E-state index >= 15 is 0 Å². The number of methoxy groups -OCH3 is 1. The van der Waals surface area contributed by atoms with E-state index in [9.17, 15) is 9.59 Å². The topological polar surface area (TPSA) is 86.8 Å². The van der Waals surface area contributed by atoms with Crippen molar-refractivity contribution >= 4 is 57.6 Å². The van der Waals surface area contributed by atoms with Crippen LogP contribution in [0.5, 0.6) is 5.75 Å². The van der Waals surface area contributed by atoms with Gasteiger partial charge in [-0.1, -0.05) is 61.5 Å². The van der Waals surface area contributed by atoms with Crippen LogP contribution in [0.4, 0.5) is 5.13 Å². The molecule has 1 atom stereocenters. The Hall–Kier alpha value is -2.91. The minimum absolute atomic E-state index is 0.141. The fourth-order valence-corrected chi connectivity index (χ4v) is 5.48. The number of benzene rings is 2. The second-order valence-electron chi connectivity index (χ2n) is 9.40. The van der Waals surface area contributed by atoms with Crippen LogP contribution < -0.4 is 10.1 Å². The molecule has 1 aromatic heterocycles. The van der Waals surface area contributed by atoms with E-state index in [2.05, 4.69) is 17.2 Å². The minimum Gasteiger partial charge on any atom is -0.496 e. The highest BCUT2D eigenvalue weighted by molar-refractivity contribution is 7.14. The van der Waals surface area contributed by atoms with E-state index in [0.29, 0.717) is 34.3 Å². The van der Waals surface area contributed by atoms with Crippen LogP contribution in [-0.4, -0.2) is 37.2 Å². The predicted molar refractivity (Wildman–Crippen MR) is 167 cm³/mol. The van der Waals surface area contributed by atoms with Crippen LogP contribution in [-0.2, 0) is 14.3 Å². The zero-order chi connectivity index (χ0) is 29.9. The number of carbonyl (C=O) groups is 2. The number of anilines is 1. The molecule has 0 radical (unpaired) electrons. The first-order valence-electron chi connectivity index (χ1n) is 13.6. The van der Waals surface area contributed by atoms with Crippen LogP contribution in [0.1, 0.15) is 81.0 Å². The third kappa shape index (κ3) is 8.79. The fourth-order valence-electron chi connectivity index (χ4n) is 4.18. The van der Waals surface area contributed by atoms with Crippen LogP contribution in [0.25, 0.3) is 17.3 Å². The van der Waals surface area contributed by atoms with Gasteiger partial charge in [-0.15, -0.1) is 11.3 Å². The number of thiazole rings is 1. The Morgan fingerprint density at radius 1 is 1.12 bits per heavy atom. The highest BCUT2D eigenvalue weighted by Crippen LogP contribution is 2.38. The molecule has 0 fully saturated rings. The lowest BCUT2D eigenvalue weighted by molar-refractivity contribution is -0.138. The zero-order valence-electron chi connectivity index (χ0n) is 24.0.